The molecule has 0 unspecified atom stereocenters. The summed E-state index contributed by atoms with van der Waals surface area (Å²) in [5.41, 5.74) is 1.09. The van der Waals surface area contributed by atoms with E-state index in [1.807, 2.05) is 30.3 Å². The molecule has 0 bridgehead atoms. The molecule has 2 rings (SSSR count). The topological polar surface area (TPSA) is 22.4 Å². The van der Waals surface area contributed by atoms with Gasteiger partial charge in [0.15, 0.2) is 5.76 Å². The molecule has 0 atom stereocenters. The zero-order chi connectivity index (χ0) is 10.5. The minimum absolute atomic E-state index is 0.392. The van der Waals surface area contributed by atoms with Gasteiger partial charge in [-0.3, -0.25) is 0 Å². The summed E-state index contributed by atoms with van der Waals surface area (Å²) in [5, 5.41) is 0.392. The van der Waals surface area contributed by atoms with E-state index >= 15 is 0 Å². The van der Waals surface area contributed by atoms with Gasteiger partial charge in [0.05, 0.1) is 6.26 Å². The second kappa shape index (κ2) is 4.75. The van der Waals surface area contributed by atoms with Gasteiger partial charge in [0.2, 0.25) is 5.05 Å². The number of benzene rings is 1. The lowest BCUT2D eigenvalue weighted by Crippen LogP contribution is -2.02. The Hall–Kier alpha value is -1.61. The molecule has 1 aromatic carbocycles. The van der Waals surface area contributed by atoms with E-state index in [2.05, 4.69) is 0 Å². The van der Waals surface area contributed by atoms with E-state index in [0.29, 0.717) is 17.4 Å². The van der Waals surface area contributed by atoms with E-state index in [1.54, 1.807) is 18.4 Å². The van der Waals surface area contributed by atoms with Crippen LogP contribution in [-0.2, 0) is 11.3 Å². The van der Waals surface area contributed by atoms with Gasteiger partial charge in [-0.2, -0.15) is 0 Å². The predicted octanol–water partition coefficient (Wildman–Crippen LogP) is 3.17. The first-order valence-corrected chi connectivity index (χ1v) is 5.01. The van der Waals surface area contributed by atoms with Gasteiger partial charge in [-0.25, -0.2) is 0 Å². The summed E-state index contributed by atoms with van der Waals surface area (Å²) in [5.74, 6) is 0.598. The highest BCUT2D eigenvalue weighted by molar-refractivity contribution is 7.80. The van der Waals surface area contributed by atoms with Crippen LogP contribution >= 0.6 is 12.2 Å². The summed E-state index contributed by atoms with van der Waals surface area (Å²) < 4.78 is 10.5. The van der Waals surface area contributed by atoms with Crippen molar-refractivity contribution in [2.45, 2.75) is 6.61 Å². The van der Waals surface area contributed by atoms with Crippen molar-refractivity contribution in [2.75, 3.05) is 0 Å². The van der Waals surface area contributed by atoms with E-state index < -0.39 is 0 Å². The SMILES string of the molecule is S=C(OCc1ccccc1)c1ccco1. The average Bonchev–Trinajstić information content (AvgIpc) is 2.81. The molecular weight excluding hydrogens is 208 g/mol. The quantitative estimate of drug-likeness (QED) is 0.739. The van der Waals surface area contributed by atoms with Crippen molar-refractivity contribution in [2.24, 2.45) is 0 Å². The fourth-order valence-corrected chi connectivity index (χ4v) is 1.36. The van der Waals surface area contributed by atoms with E-state index in [0.717, 1.165) is 5.56 Å². The van der Waals surface area contributed by atoms with Crippen LogP contribution in [0.25, 0.3) is 0 Å². The van der Waals surface area contributed by atoms with E-state index in [1.165, 1.54) is 0 Å². The van der Waals surface area contributed by atoms with E-state index in [9.17, 15) is 0 Å². The van der Waals surface area contributed by atoms with Gasteiger partial charge in [-0.1, -0.05) is 30.3 Å². The molecule has 3 heteroatoms. The van der Waals surface area contributed by atoms with Gasteiger partial charge < -0.3 is 9.15 Å². The lowest BCUT2D eigenvalue weighted by molar-refractivity contribution is 0.294. The molecule has 0 saturated carbocycles. The molecule has 2 nitrogen and oxygen atoms in total. The van der Waals surface area contributed by atoms with Gasteiger partial charge in [-0.05, 0) is 29.9 Å². The van der Waals surface area contributed by atoms with Crippen LogP contribution in [-0.4, -0.2) is 5.05 Å². The predicted molar refractivity (Wildman–Crippen MR) is 61.6 cm³/mol. The van der Waals surface area contributed by atoms with E-state index in [-0.39, 0.29) is 0 Å². The minimum Gasteiger partial charge on any atom is -0.476 e. The third kappa shape index (κ3) is 2.67. The minimum atomic E-state index is 0.392. The van der Waals surface area contributed by atoms with Gasteiger partial charge in [0.25, 0.3) is 0 Å². The second-order valence-corrected chi connectivity index (χ2v) is 3.41. The maximum absolute atomic E-state index is 5.41. The lowest BCUT2D eigenvalue weighted by atomic mass is 10.2. The first-order valence-electron chi connectivity index (χ1n) is 4.61. The Kier molecular flexibility index (Phi) is 3.15. The summed E-state index contributed by atoms with van der Waals surface area (Å²) in [6, 6.07) is 13.5. The third-order valence-corrected chi connectivity index (χ3v) is 2.25. The standard InChI is InChI=1S/C12H10O2S/c15-12(11-7-4-8-13-11)14-9-10-5-2-1-3-6-10/h1-8H,9H2. The summed E-state index contributed by atoms with van der Waals surface area (Å²) in [6.07, 6.45) is 1.58. The van der Waals surface area contributed by atoms with Crippen LogP contribution in [0.4, 0.5) is 0 Å². The molecule has 0 saturated heterocycles. The zero-order valence-electron chi connectivity index (χ0n) is 8.05. The molecule has 0 spiro atoms. The smallest absolute Gasteiger partial charge is 0.228 e. The van der Waals surface area contributed by atoms with Crippen molar-refractivity contribution in [1.82, 2.24) is 0 Å². The number of thiocarbonyl (C=S) groups is 1. The maximum atomic E-state index is 5.41. The number of furan rings is 1. The summed E-state index contributed by atoms with van der Waals surface area (Å²) in [7, 11) is 0. The Morgan fingerprint density at radius 2 is 1.93 bits per heavy atom. The van der Waals surface area contributed by atoms with Crippen molar-refractivity contribution >= 4 is 17.3 Å². The van der Waals surface area contributed by atoms with Crippen LogP contribution < -0.4 is 0 Å². The molecule has 0 radical (unpaired) electrons. The second-order valence-electron chi connectivity index (χ2n) is 3.04. The zero-order valence-corrected chi connectivity index (χ0v) is 8.87. The van der Waals surface area contributed by atoms with Gasteiger partial charge in [0, 0.05) is 0 Å². The third-order valence-electron chi connectivity index (χ3n) is 1.94. The molecular formula is C12H10O2S. The van der Waals surface area contributed by atoms with E-state index in [4.69, 9.17) is 21.4 Å². The van der Waals surface area contributed by atoms with Crippen LogP contribution in [0, 0.1) is 0 Å². The molecule has 0 aliphatic heterocycles. The fourth-order valence-electron chi connectivity index (χ4n) is 1.19. The Morgan fingerprint density at radius 1 is 1.13 bits per heavy atom. The summed E-state index contributed by atoms with van der Waals surface area (Å²) in [6.45, 7) is 0.473. The van der Waals surface area contributed by atoms with Gasteiger partial charge >= 0.3 is 0 Å². The Morgan fingerprint density at radius 3 is 2.60 bits per heavy atom. The average molecular weight is 218 g/mol. The molecule has 2 aromatic rings. The first-order chi connectivity index (χ1) is 7.36. The van der Waals surface area contributed by atoms with Gasteiger partial charge in [0.1, 0.15) is 6.61 Å². The van der Waals surface area contributed by atoms with Gasteiger partial charge in [-0.15, -0.1) is 0 Å². The van der Waals surface area contributed by atoms with Crippen molar-refractivity contribution in [1.29, 1.82) is 0 Å². The maximum Gasteiger partial charge on any atom is 0.228 e. The highest BCUT2D eigenvalue weighted by atomic mass is 32.1. The molecule has 0 N–H and O–H groups in total. The molecule has 76 valence electrons. The van der Waals surface area contributed by atoms with Crippen molar-refractivity contribution in [3.05, 3.63) is 60.1 Å². The van der Waals surface area contributed by atoms with Crippen LogP contribution in [0.3, 0.4) is 0 Å². The summed E-state index contributed by atoms with van der Waals surface area (Å²) >= 11 is 5.06. The van der Waals surface area contributed by atoms with Crippen LogP contribution in [0.1, 0.15) is 11.3 Å². The monoisotopic (exact) mass is 218 g/mol. The molecule has 1 heterocycles. The largest absolute Gasteiger partial charge is 0.476 e. The summed E-state index contributed by atoms with van der Waals surface area (Å²) in [4.78, 5) is 0. The Bertz CT molecular complexity index is 420. The first kappa shape index (κ1) is 9.93. The van der Waals surface area contributed by atoms with Crippen molar-refractivity contribution in [3.8, 4) is 0 Å². The fraction of sp³-hybridized carbons (Fsp3) is 0.0833. The number of hydrogen-bond acceptors (Lipinski definition) is 3. The van der Waals surface area contributed by atoms with Crippen molar-refractivity contribution < 1.29 is 9.15 Å². The Labute approximate surface area is 93.5 Å². The molecule has 0 aliphatic carbocycles. The molecule has 15 heavy (non-hydrogen) atoms. The Balaban J connectivity index is 1.92. The lowest BCUT2D eigenvalue weighted by Gasteiger charge is -2.04. The molecule has 0 aliphatic rings. The molecule has 1 aromatic heterocycles. The van der Waals surface area contributed by atoms with Crippen LogP contribution in [0.5, 0.6) is 0 Å². The normalized spacial score (nSPS) is 9.87. The highest BCUT2D eigenvalue weighted by Crippen LogP contribution is 2.07. The number of rotatable bonds is 3. The highest BCUT2D eigenvalue weighted by Gasteiger charge is 2.04. The van der Waals surface area contributed by atoms with Crippen molar-refractivity contribution in [3.63, 3.8) is 0 Å². The van der Waals surface area contributed by atoms with Crippen LogP contribution in [0.2, 0.25) is 0 Å². The molecule has 0 amide bonds. The number of hydrogen-bond donors (Lipinski definition) is 0. The number of ether oxygens (including phenoxy) is 1. The van der Waals surface area contributed by atoms with Crippen LogP contribution in [0.15, 0.2) is 53.1 Å². The molecule has 0 fully saturated rings.